The van der Waals surface area contributed by atoms with Crippen molar-refractivity contribution in [2.45, 2.75) is 77.8 Å². The summed E-state index contributed by atoms with van der Waals surface area (Å²) in [7, 11) is 0. The van der Waals surface area contributed by atoms with Crippen LogP contribution in [0.1, 0.15) is 70.9 Å². The number of likely N-dealkylation sites (tertiary alicyclic amines) is 2. The average Bonchev–Trinajstić information content (AvgIpc) is 3.10. The Morgan fingerprint density at radius 2 is 2.08 bits per heavy atom. The van der Waals surface area contributed by atoms with Gasteiger partial charge in [0.15, 0.2) is 0 Å². The van der Waals surface area contributed by atoms with Gasteiger partial charge in [0.25, 0.3) is 0 Å². The van der Waals surface area contributed by atoms with Gasteiger partial charge in [0.1, 0.15) is 11.6 Å². The second-order valence-corrected chi connectivity index (χ2v) is 8.86. The van der Waals surface area contributed by atoms with E-state index in [2.05, 4.69) is 47.8 Å². The molecule has 7 heteroatoms. The van der Waals surface area contributed by atoms with Gasteiger partial charge in [-0.2, -0.15) is 5.10 Å². The Balaban J connectivity index is 1.69. The monoisotopic (exact) mass is 363 g/mol. The summed E-state index contributed by atoms with van der Waals surface area (Å²) in [6.45, 7) is 11.2. The van der Waals surface area contributed by atoms with Crippen LogP contribution in [0.2, 0.25) is 0 Å². The van der Waals surface area contributed by atoms with Crippen LogP contribution in [0.5, 0.6) is 0 Å². The second kappa shape index (κ2) is 7.55. The van der Waals surface area contributed by atoms with Gasteiger partial charge in [-0.25, -0.2) is 9.78 Å². The van der Waals surface area contributed by atoms with Crippen molar-refractivity contribution in [3.63, 3.8) is 0 Å². The highest BCUT2D eigenvalue weighted by atomic mass is 16.4. The van der Waals surface area contributed by atoms with Crippen molar-refractivity contribution in [2.24, 2.45) is 5.41 Å². The number of carbonyl (C=O) groups is 1. The fourth-order valence-electron chi connectivity index (χ4n) is 4.54. The Morgan fingerprint density at radius 3 is 2.69 bits per heavy atom. The highest BCUT2D eigenvalue weighted by Crippen LogP contribution is 2.36. The summed E-state index contributed by atoms with van der Waals surface area (Å²) in [5, 5.41) is 17.0. The third-order valence-electron chi connectivity index (χ3n) is 6.04. The van der Waals surface area contributed by atoms with E-state index < -0.39 is 6.09 Å². The fourth-order valence-corrected chi connectivity index (χ4v) is 4.54. The molecule has 1 aromatic heterocycles. The number of nitrogens with one attached hydrogen (secondary N) is 1. The molecule has 146 valence electrons. The lowest BCUT2D eigenvalue weighted by Gasteiger charge is -2.48. The van der Waals surface area contributed by atoms with Gasteiger partial charge in [-0.1, -0.05) is 27.7 Å². The third kappa shape index (κ3) is 4.03. The maximum Gasteiger partial charge on any atom is 0.407 e. The van der Waals surface area contributed by atoms with E-state index in [0.717, 1.165) is 56.8 Å². The summed E-state index contributed by atoms with van der Waals surface area (Å²) >= 11 is 0. The van der Waals surface area contributed by atoms with Crippen molar-refractivity contribution < 1.29 is 9.90 Å². The molecule has 0 saturated carbocycles. The molecule has 3 rings (SSSR count). The summed E-state index contributed by atoms with van der Waals surface area (Å²) in [6.07, 6.45) is 4.21. The van der Waals surface area contributed by atoms with Crippen molar-refractivity contribution in [3.8, 4) is 0 Å². The Labute approximate surface area is 156 Å². The van der Waals surface area contributed by atoms with Crippen molar-refractivity contribution in [1.29, 1.82) is 0 Å². The number of nitrogens with zero attached hydrogens (tertiary/aromatic N) is 4. The molecule has 2 saturated heterocycles. The van der Waals surface area contributed by atoms with Gasteiger partial charge in [-0.3, -0.25) is 10.00 Å². The zero-order chi connectivity index (χ0) is 18.9. The molecule has 2 aliphatic rings. The van der Waals surface area contributed by atoms with E-state index in [-0.39, 0.29) is 11.5 Å². The Kier molecular flexibility index (Phi) is 5.55. The van der Waals surface area contributed by atoms with E-state index in [1.807, 2.05) is 0 Å². The van der Waals surface area contributed by atoms with Crippen LogP contribution in [0.25, 0.3) is 0 Å². The van der Waals surface area contributed by atoms with E-state index in [9.17, 15) is 9.90 Å². The molecule has 7 nitrogen and oxygen atoms in total. The highest BCUT2D eigenvalue weighted by Gasteiger charge is 2.41. The predicted octanol–water partition coefficient (Wildman–Crippen LogP) is 3.10. The quantitative estimate of drug-likeness (QED) is 0.862. The van der Waals surface area contributed by atoms with Crippen LogP contribution in [0.3, 0.4) is 0 Å². The normalized spacial score (nSPS) is 28.3. The number of carboxylic acid groups (broad SMARTS) is 1. The van der Waals surface area contributed by atoms with E-state index >= 15 is 0 Å². The van der Waals surface area contributed by atoms with Gasteiger partial charge >= 0.3 is 6.09 Å². The first kappa shape index (κ1) is 19.1. The third-order valence-corrected chi connectivity index (χ3v) is 6.04. The number of aromatic nitrogens is 3. The predicted molar refractivity (Wildman–Crippen MR) is 100 cm³/mol. The zero-order valence-electron chi connectivity index (χ0n) is 16.5. The Bertz CT molecular complexity index is 624. The zero-order valence-corrected chi connectivity index (χ0v) is 16.5. The van der Waals surface area contributed by atoms with Gasteiger partial charge in [-0.15, -0.1) is 0 Å². The molecule has 0 aliphatic carbocycles. The smallest absolute Gasteiger partial charge is 0.407 e. The molecule has 0 radical (unpaired) electrons. The van der Waals surface area contributed by atoms with Crippen LogP contribution >= 0.6 is 0 Å². The van der Waals surface area contributed by atoms with Gasteiger partial charge in [0.05, 0.1) is 0 Å². The minimum absolute atomic E-state index is 0.0484. The van der Waals surface area contributed by atoms with E-state index in [4.69, 9.17) is 0 Å². The largest absolute Gasteiger partial charge is 0.465 e. The minimum Gasteiger partial charge on any atom is -0.465 e. The number of hydrogen-bond acceptors (Lipinski definition) is 4. The molecule has 2 aliphatic heterocycles. The van der Waals surface area contributed by atoms with Crippen molar-refractivity contribution in [1.82, 2.24) is 25.0 Å². The second-order valence-electron chi connectivity index (χ2n) is 8.86. The number of amides is 1. The van der Waals surface area contributed by atoms with Crippen molar-refractivity contribution in [2.75, 3.05) is 19.6 Å². The first-order chi connectivity index (χ1) is 12.3. The average molecular weight is 364 g/mol. The lowest BCUT2D eigenvalue weighted by atomic mass is 9.78. The molecule has 1 amide bonds. The van der Waals surface area contributed by atoms with Gasteiger partial charge in [-0.05, 0) is 37.6 Å². The lowest BCUT2D eigenvalue weighted by Crippen LogP contribution is -2.57. The van der Waals surface area contributed by atoms with E-state index in [1.54, 1.807) is 4.90 Å². The van der Waals surface area contributed by atoms with Gasteiger partial charge < -0.3 is 10.0 Å². The lowest BCUT2D eigenvalue weighted by molar-refractivity contribution is 0.0123. The molecule has 3 heterocycles. The number of piperidine rings is 2. The summed E-state index contributed by atoms with van der Waals surface area (Å²) in [6, 6.07) is 0.516. The van der Waals surface area contributed by atoms with E-state index in [0.29, 0.717) is 18.5 Å². The number of aryl methyl sites for hydroxylation is 1. The van der Waals surface area contributed by atoms with Gasteiger partial charge in [0, 0.05) is 37.5 Å². The molecule has 3 unspecified atom stereocenters. The first-order valence-electron chi connectivity index (χ1n) is 9.94. The van der Waals surface area contributed by atoms with Crippen molar-refractivity contribution >= 4 is 6.09 Å². The molecule has 2 N–H and O–H groups in total. The molecule has 0 spiro atoms. The van der Waals surface area contributed by atoms with Crippen LogP contribution in [0.4, 0.5) is 4.79 Å². The molecule has 2 fully saturated rings. The first-order valence-corrected chi connectivity index (χ1v) is 9.94. The van der Waals surface area contributed by atoms with Crippen LogP contribution in [-0.4, -0.2) is 67.9 Å². The molecular formula is C19H33N5O2. The van der Waals surface area contributed by atoms with E-state index in [1.165, 1.54) is 0 Å². The summed E-state index contributed by atoms with van der Waals surface area (Å²) in [5.41, 5.74) is -0.0484. The Morgan fingerprint density at radius 1 is 1.31 bits per heavy atom. The molecule has 3 atom stereocenters. The Hall–Kier alpha value is -1.63. The molecule has 26 heavy (non-hydrogen) atoms. The maximum atomic E-state index is 11.7. The molecule has 0 bridgehead atoms. The topological polar surface area (TPSA) is 85.4 Å². The van der Waals surface area contributed by atoms with Crippen LogP contribution in [-0.2, 0) is 6.42 Å². The van der Waals surface area contributed by atoms with Crippen LogP contribution < -0.4 is 0 Å². The maximum absolute atomic E-state index is 11.7. The molecule has 1 aromatic rings. The number of aromatic amines is 1. The SMILES string of the molecule is CCc1n[nH]c(C2CCCN(C3CCN(C(=O)O)C(C(C)(C)C)C3)C2)n1. The molecule has 0 aromatic carbocycles. The van der Waals surface area contributed by atoms with Crippen molar-refractivity contribution in [3.05, 3.63) is 11.6 Å². The minimum atomic E-state index is -0.784. The standard InChI is InChI=1S/C19H33N5O2/c1-5-16-20-17(22-21-16)13-7-6-9-23(12-13)14-8-10-24(18(25)26)15(11-14)19(2,3)4/h13-15H,5-12H2,1-4H3,(H,25,26)(H,20,21,22). The highest BCUT2D eigenvalue weighted by molar-refractivity contribution is 5.65. The summed E-state index contributed by atoms with van der Waals surface area (Å²) in [5.74, 6) is 2.31. The number of rotatable bonds is 3. The molecular weight excluding hydrogens is 330 g/mol. The summed E-state index contributed by atoms with van der Waals surface area (Å²) < 4.78 is 0. The van der Waals surface area contributed by atoms with Crippen LogP contribution in [0, 0.1) is 5.41 Å². The van der Waals surface area contributed by atoms with Crippen LogP contribution in [0.15, 0.2) is 0 Å². The number of H-pyrrole nitrogens is 1. The number of hydrogen-bond donors (Lipinski definition) is 2. The summed E-state index contributed by atoms with van der Waals surface area (Å²) in [4.78, 5) is 20.5. The van der Waals surface area contributed by atoms with Gasteiger partial charge in [0.2, 0.25) is 0 Å². The fraction of sp³-hybridized carbons (Fsp3) is 0.842.